The Morgan fingerprint density at radius 2 is 1.26 bits per heavy atom. The summed E-state index contributed by atoms with van der Waals surface area (Å²) in [6, 6.07) is 27.2. The predicted octanol–water partition coefficient (Wildman–Crippen LogP) is 5.33. The highest BCUT2D eigenvalue weighted by Gasteiger charge is 2.02. The molecule has 3 rings (SSSR count). The highest BCUT2D eigenvalue weighted by atomic mass is 16.1. The summed E-state index contributed by atoms with van der Waals surface area (Å²) in [4.78, 5) is 12.2. The molecule has 0 fully saturated rings. The molecule has 0 unspecified atom stereocenters. The number of hydrogen-bond donors (Lipinski definition) is 1. The summed E-state index contributed by atoms with van der Waals surface area (Å²) in [7, 11) is 0. The van der Waals surface area contributed by atoms with Crippen LogP contribution in [0.25, 0.3) is 6.08 Å². The molecule has 2 nitrogen and oxygen atoms in total. The van der Waals surface area contributed by atoms with Gasteiger partial charge in [-0.15, -0.1) is 0 Å². The molecule has 0 aliphatic heterocycles. The summed E-state index contributed by atoms with van der Waals surface area (Å²) in [5, 5.41) is 3.30. The quantitative estimate of drug-likeness (QED) is 0.510. The van der Waals surface area contributed by atoms with Crippen molar-refractivity contribution in [2.75, 3.05) is 5.32 Å². The first kappa shape index (κ1) is 14.8. The molecule has 0 aliphatic carbocycles. The fraction of sp³-hybridized carbons (Fsp3) is 0. The van der Waals surface area contributed by atoms with Crippen molar-refractivity contribution < 1.29 is 4.79 Å². The second-order valence-electron chi connectivity index (χ2n) is 5.18. The lowest BCUT2D eigenvalue weighted by molar-refractivity contribution is 0.104. The van der Waals surface area contributed by atoms with Gasteiger partial charge in [0.05, 0.1) is 0 Å². The molecule has 0 saturated carbocycles. The molecule has 0 atom stereocenters. The van der Waals surface area contributed by atoms with Crippen LogP contribution in [0.2, 0.25) is 0 Å². The van der Waals surface area contributed by atoms with Crippen molar-refractivity contribution >= 4 is 23.2 Å². The van der Waals surface area contributed by atoms with Gasteiger partial charge in [-0.1, -0.05) is 54.6 Å². The molecule has 3 aromatic rings. The molecule has 0 spiro atoms. The van der Waals surface area contributed by atoms with Gasteiger partial charge in [0.25, 0.3) is 0 Å². The van der Waals surface area contributed by atoms with Gasteiger partial charge < -0.3 is 5.32 Å². The Balaban J connectivity index is 1.67. The number of para-hydroxylation sites is 1. The molecule has 112 valence electrons. The maximum atomic E-state index is 12.2. The summed E-state index contributed by atoms with van der Waals surface area (Å²) in [5.74, 6) is 0.000106. The second-order valence-corrected chi connectivity index (χ2v) is 5.18. The van der Waals surface area contributed by atoms with Crippen LogP contribution in [0.5, 0.6) is 0 Å². The van der Waals surface area contributed by atoms with E-state index < -0.39 is 0 Å². The number of ketones is 1. The minimum atomic E-state index is 0.000106. The largest absolute Gasteiger partial charge is 0.356 e. The second kappa shape index (κ2) is 7.23. The van der Waals surface area contributed by atoms with Gasteiger partial charge in [-0.2, -0.15) is 0 Å². The Morgan fingerprint density at radius 1 is 0.696 bits per heavy atom. The lowest BCUT2D eigenvalue weighted by Crippen LogP contribution is -1.95. The standard InChI is InChI=1S/C21H17NO/c23-21(16-11-17-7-3-1-4-8-17)18-12-14-20(15-13-18)22-19-9-5-2-6-10-19/h1-16,22H. The third-order valence-corrected chi connectivity index (χ3v) is 3.46. The third-order valence-electron chi connectivity index (χ3n) is 3.46. The maximum Gasteiger partial charge on any atom is 0.185 e. The zero-order valence-corrected chi connectivity index (χ0v) is 12.6. The highest BCUT2D eigenvalue weighted by molar-refractivity contribution is 6.07. The van der Waals surface area contributed by atoms with E-state index in [0.29, 0.717) is 5.56 Å². The zero-order valence-electron chi connectivity index (χ0n) is 12.6. The third kappa shape index (κ3) is 4.17. The van der Waals surface area contributed by atoms with Crippen molar-refractivity contribution in [2.45, 2.75) is 0 Å². The van der Waals surface area contributed by atoms with Gasteiger partial charge in [-0.05, 0) is 48.0 Å². The van der Waals surface area contributed by atoms with Crippen molar-refractivity contribution in [1.82, 2.24) is 0 Å². The Kier molecular flexibility index (Phi) is 4.65. The molecule has 0 aliphatic rings. The van der Waals surface area contributed by atoms with E-state index in [-0.39, 0.29) is 5.78 Å². The van der Waals surface area contributed by atoms with Crippen molar-refractivity contribution in [3.8, 4) is 0 Å². The van der Waals surface area contributed by atoms with Crippen LogP contribution in [0.1, 0.15) is 15.9 Å². The topological polar surface area (TPSA) is 29.1 Å². The number of hydrogen-bond acceptors (Lipinski definition) is 2. The molecule has 0 heterocycles. The van der Waals surface area contributed by atoms with Gasteiger partial charge >= 0.3 is 0 Å². The van der Waals surface area contributed by atoms with Crippen molar-refractivity contribution in [1.29, 1.82) is 0 Å². The predicted molar refractivity (Wildman–Crippen MR) is 96.0 cm³/mol. The molecule has 3 aromatic carbocycles. The van der Waals surface area contributed by atoms with Gasteiger partial charge in [0, 0.05) is 16.9 Å². The molecule has 0 saturated heterocycles. The molecular weight excluding hydrogens is 282 g/mol. The molecular formula is C21H17NO. The van der Waals surface area contributed by atoms with Crippen LogP contribution >= 0.6 is 0 Å². The molecule has 1 N–H and O–H groups in total. The fourth-order valence-electron chi connectivity index (χ4n) is 2.24. The van der Waals surface area contributed by atoms with Crippen LogP contribution in [0.3, 0.4) is 0 Å². The summed E-state index contributed by atoms with van der Waals surface area (Å²) >= 11 is 0. The van der Waals surface area contributed by atoms with Crippen molar-refractivity contribution in [3.63, 3.8) is 0 Å². The van der Waals surface area contributed by atoms with Crippen LogP contribution in [0, 0.1) is 0 Å². The van der Waals surface area contributed by atoms with Crippen LogP contribution < -0.4 is 5.32 Å². The molecule has 2 heteroatoms. The highest BCUT2D eigenvalue weighted by Crippen LogP contribution is 2.17. The number of allylic oxidation sites excluding steroid dienone is 1. The number of benzene rings is 3. The zero-order chi connectivity index (χ0) is 15.9. The number of rotatable bonds is 5. The monoisotopic (exact) mass is 299 g/mol. The van der Waals surface area contributed by atoms with Gasteiger partial charge in [0.1, 0.15) is 0 Å². The summed E-state index contributed by atoms with van der Waals surface area (Å²) in [5.41, 5.74) is 3.68. The fourth-order valence-corrected chi connectivity index (χ4v) is 2.24. The van der Waals surface area contributed by atoms with Crippen LogP contribution in [0.4, 0.5) is 11.4 Å². The van der Waals surface area contributed by atoms with Crippen molar-refractivity contribution in [3.05, 3.63) is 102 Å². The molecule has 0 amide bonds. The van der Waals surface area contributed by atoms with E-state index in [9.17, 15) is 4.79 Å². The average Bonchev–Trinajstić information content (AvgIpc) is 2.62. The van der Waals surface area contributed by atoms with E-state index in [1.54, 1.807) is 6.08 Å². The molecule has 23 heavy (non-hydrogen) atoms. The summed E-state index contributed by atoms with van der Waals surface area (Å²) in [6.45, 7) is 0. The Bertz CT molecular complexity index is 790. The molecule has 0 bridgehead atoms. The van der Waals surface area contributed by atoms with Gasteiger partial charge in [0.2, 0.25) is 0 Å². The van der Waals surface area contributed by atoms with E-state index in [2.05, 4.69) is 5.32 Å². The minimum absolute atomic E-state index is 0.000106. The maximum absolute atomic E-state index is 12.2. The molecule has 0 radical (unpaired) electrons. The minimum Gasteiger partial charge on any atom is -0.356 e. The van der Waals surface area contributed by atoms with Crippen LogP contribution in [-0.2, 0) is 0 Å². The first-order valence-corrected chi connectivity index (χ1v) is 7.51. The Hall–Kier alpha value is -3.13. The number of carbonyl (C=O) groups is 1. The number of carbonyl (C=O) groups excluding carboxylic acids is 1. The van der Waals surface area contributed by atoms with E-state index in [1.165, 1.54) is 0 Å². The summed E-state index contributed by atoms with van der Waals surface area (Å²) in [6.07, 6.45) is 3.44. The van der Waals surface area contributed by atoms with Gasteiger partial charge in [0.15, 0.2) is 5.78 Å². The normalized spacial score (nSPS) is 10.6. The number of nitrogens with one attached hydrogen (secondary N) is 1. The van der Waals surface area contributed by atoms with E-state index in [1.807, 2.05) is 91.0 Å². The SMILES string of the molecule is O=C(C=Cc1ccccc1)c1ccc(Nc2ccccc2)cc1. The summed E-state index contributed by atoms with van der Waals surface area (Å²) < 4.78 is 0. The first-order chi connectivity index (χ1) is 11.3. The Morgan fingerprint density at radius 3 is 1.91 bits per heavy atom. The average molecular weight is 299 g/mol. The molecule has 0 aromatic heterocycles. The first-order valence-electron chi connectivity index (χ1n) is 7.51. The van der Waals surface area contributed by atoms with Crippen LogP contribution in [0.15, 0.2) is 91.0 Å². The lowest BCUT2D eigenvalue weighted by Gasteiger charge is -2.06. The van der Waals surface area contributed by atoms with E-state index in [0.717, 1.165) is 16.9 Å². The van der Waals surface area contributed by atoms with Gasteiger partial charge in [-0.3, -0.25) is 4.79 Å². The smallest absolute Gasteiger partial charge is 0.185 e. The Labute approximate surface area is 136 Å². The number of anilines is 2. The van der Waals surface area contributed by atoms with Gasteiger partial charge in [-0.25, -0.2) is 0 Å². The van der Waals surface area contributed by atoms with E-state index >= 15 is 0 Å². The van der Waals surface area contributed by atoms with Crippen LogP contribution in [-0.4, -0.2) is 5.78 Å². The van der Waals surface area contributed by atoms with Crippen molar-refractivity contribution in [2.24, 2.45) is 0 Å². The van der Waals surface area contributed by atoms with E-state index in [4.69, 9.17) is 0 Å². The lowest BCUT2D eigenvalue weighted by atomic mass is 10.1.